The Morgan fingerprint density at radius 1 is 0.962 bits per heavy atom. The standard InChI is InChI=1S/C20H18FN3O2/c21-17-4-2-1-3-16(17)18-5-6-19(26-18)20(25)24-13-11-23(12-14-24)15-7-9-22-10-8-15/h1-10H,11-14H2. The van der Waals surface area contributed by atoms with E-state index < -0.39 is 0 Å². The van der Waals surface area contributed by atoms with Gasteiger partial charge in [0.15, 0.2) is 5.76 Å². The molecule has 0 N–H and O–H groups in total. The van der Waals surface area contributed by atoms with E-state index in [-0.39, 0.29) is 17.5 Å². The number of furan rings is 1. The number of rotatable bonds is 3. The average Bonchev–Trinajstić information content (AvgIpc) is 3.18. The number of benzene rings is 1. The van der Waals surface area contributed by atoms with Gasteiger partial charge in [-0.1, -0.05) is 12.1 Å². The molecule has 4 rings (SSSR count). The van der Waals surface area contributed by atoms with Crippen LogP contribution in [0.4, 0.5) is 10.1 Å². The van der Waals surface area contributed by atoms with Crippen LogP contribution in [0.2, 0.25) is 0 Å². The number of anilines is 1. The smallest absolute Gasteiger partial charge is 0.289 e. The van der Waals surface area contributed by atoms with Crippen LogP contribution in [-0.4, -0.2) is 42.0 Å². The Kier molecular flexibility index (Phi) is 4.39. The molecule has 0 atom stereocenters. The summed E-state index contributed by atoms with van der Waals surface area (Å²) in [6.07, 6.45) is 3.53. The highest BCUT2D eigenvalue weighted by atomic mass is 19.1. The Labute approximate surface area is 150 Å². The van der Waals surface area contributed by atoms with Gasteiger partial charge in [-0.15, -0.1) is 0 Å². The minimum atomic E-state index is -0.369. The van der Waals surface area contributed by atoms with Crippen molar-refractivity contribution in [1.29, 1.82) is 0 Å². The van der Waals surface area contributed by atoms with Crippen molar-refractivity contribution in [2.45, 2.75) is 0 Å². The van der Waals surface area contributed by atoms with E-state index in [0.29, 0.717) is 24.4 Å². The van der Waals surface area contributed by atoms with Gasteiger partial charge in [0.2, 0.25) is 0 Å². The fraction of sp³-hybridized carbons (Fsp3) is 0.200. The van der Waals surface area contributed by atoms with Gasteiger partial charge in [0.25, 0.3) is 5.91 Å². The van der Waals surface area contributed by atoms with Crippen molar-refractivity contribution < 1.29 is 13.6 Å². The molecule has 1 aliphatic heterocycles. The third-order valence-electron chi connectivity index (χ3n) is 4.55. The molecule has 0 aliphatic carbocycles. The molecular weight excluding hydrogens is 333 g/mol. The molecule has 0 saturated carbocycles. The summed E-state index contributed by atoms with van der Waals surface area (Å²) < 4.78 is 19.5. The third kappa shape index (κ3) is 3.18. The molecule has 1 saturated heterocycles. The Hall–Kier alpha value is -3.15. The second kappa shape index (κ2) is 7.00. The van der Waals surface area contributed by atoms with Gasteiger partial charge < -0.3 is 14.2 Å². The maximum absolute atomic E-state index is 13.9. The van der Waals surface area contributed by atoms with Gasteiger partial charge in [0, 0.05) is 44.3 Å². The fourth-order valence-corrected chi connectivity index (χ4v) is 3.14. The lowest BCUT2D eigenvalue weighted by Crippen LogP contribution is -2.48. The number of nitrogens with zero attached hydrogens (tertiary/aromatic N) is 3. The molecule has 1 aliphatic rings. The highest BCUT2D eigenvalue weighted by molar-refractivity contribution is 5.92. The predicted octanol–water partition coefficient (Wildman–Crippen LogP) is 3.44. The van der Waals surface area contributed by atoms with Crippen LogP contribution in [0.1, 0.15) is 10.6 Å². The van der Waals surface area contributed by atoms with E-state index in [1.807, 2.05) is 12.1 Å². The lowest BCUT2D eigenvalue weighted by atomic mass is 10.1. The Bertz CT molecular complexity index is 902. The van der Waals surface area contributed by atoms with Gasteiger partial charge in [-0.05, 0) is 36.4 Å². The molecule has 1 fully saturated rings. The van der Waals surface area contributed by atoms with Crippen LogP contribution in [-0.2, 0) is 0 Å². The van der Waals surface area contributed by atoms with Crippen molar-refractivity contribution in [3.05, 3.63) is 72.5 Å². The van der Waals surface area contributed by atoms with Gasteiger partial charge in [0.05, 0.1) is 5.56 Å². The van der Waals surface area contributed by atoms with Crippen LogP contribution in [0.15, 0.2) is 65.3 Å². The first-order valence-electron chi connectivity index (χ1n) is 8.51. The van der Waals surface area contributed by atoms with Crippen LogP contribution >= 0.6 is 0 Å². The zero-order valence-electron chi connectivity index (χ0n) is 14.1. The molecule has 0 unspecified atom stereocenters. The van der Waals surface area contributed by atoms with E-state index in [1.54, 1.807) is 47.6 Å². The summed E-state index contributed by atoms with van der Waals surface area (Å²) in [6, 6.07) is 13.5. The summed E-state index contributed by atoms with van der Waals surface area (Å²) in [4.78, 5) is 20.7. The van der Waals surface area contributed by atoms with E-state index in [9.17, 15) is 9.18 Å². The molecule has 132 valence electrons. The van der Waals surface area contributed by atoms with Crippen LogP contribution in [0.25, 0.3) is 11.3 Å². The molecule has 6 heteroatoms. The Morgan fingerprint density at radius 2 is 1.69 bits per heavy atom. The number of amides is 1. The number of carbonyl (C=O) groups excluding carboxylic acids is 1. The number of carbonyl (C=O) groups is 1. The lowest BCUT2D eigenvalue weighted by Gasteiger charge is -2.35. The third-order valence-corrected chi connectivity index (χ3v) is 4.55. The van der Waals surface area contributed by atoms with E-state index in [4.69, 9.17) is 4.42 Å². The van der Waals surface area contributed by atoms with Crippen LogP contribution in [0.3, 0.4) is 0 Å². The maximum atomic E-state index is 13.9. The van der Waals surface area contributed by atoms with Crippen molar-refractivity contribution in [3.8, 4) is 11.3 Å². The largest absolute Gasteiger partial charge is 0.451 e. The summed E-state index contributed by atoms with van der Waals surface area (Å²) in [5.41, 5.74) is 1.46. The van der Waals surface area contributed by atoms with Crippen LogP contribution < -0.4 is 4.90 Å². The molecule has 26 heavy (non-hydrogen) atoms. The first-order chi connectivity index (χ1) is 12.7. The predicted molar refractivity (Wildman–Crippen MR) is 96.5 cm³/mol. The molecule has 3 aromatic rings. The van der Waals surface area contributed by atoms with Gasteiger partial charge >= 0.3 is 0 Å². The molecule has 1 amide bonds. The average molecular weight is 351 g/mol. The summed E-state index contributed by atoms with van der Waals surface area (Å²) >= 11 is 0. The van der Waals surface area contributed by atoms with Gasteiger partial charge in [0.1, 0.15) is 11.6 Å². The number of hydrogen-bond acceptors (Lipinski definition) is 4. The van der Waals surface area contributed by atoms with Crippen LogP contribution in [0.5, 0.6) is 0 Å². The van der Waals surface area contributed by atoms with Crippen LogP contribution in [0, 0.1) is 5.82 Å². The summed E-state index contributed by atoms with van der Waals surface area (Å²) in [5, 5.41) is 0. The topological polar surface area (TPSA) is 49.6 Å². The van der Waals surface area contributed by atoms with Gasteiger partial charge in [-0.2, -0.15) is 0 Å². The molecule has 2 aromatic heterocycles. The number of pyridine rings is 1. The monoisotopic (exact) mass is 351 g/mol. The van der Waals surface area contributed by atoms with E-state index >= 15 is 0 Å². The van der Waals surface area contributed by atoms with Crippen molar-refractivity contribution in [2.24, 2.45) is 0 Å². The summed E-state index contributed by atoms with van der Waals surface area (Å²) in [6.45, 7) is 2.71. The minimum Gasteiger partial charge on any atom is -0.451 e. The van der Waals surface area contributed by atoms with E-state index in [1.165, 1.54) is 6.07 Å². The number of aromatic nitrogens is 1. The van der Waals surface area contributed by atoms with Gasteiger partial charge in [-0.3, -0.25) is 9.78 Å². The zero-order chi connectivity index (χ0) is 17.9. The fourth-order valence-electron chi connectivity index (χ4n) is 3.14. The zero-order valence-corrected chi connectivity index (χ0v) is 14.1. The molecule has 0 spiro atoms. The first kappa shape index (κ1) is 16.3. The maximum Gasteiger partial charge on any atom is 0.289 e. The molecule has 5 nitrogen and oxygen atoms in total. The van der Waals surface area contributed by atoms with Crippen molar-refractivity contribution in [3.63, 3.8) is 0 Å². The van der Waals surface area contributed by atoms with Crippen molar-refractivity contribution >= 4 is 11.6 Å². The second-order valence-electron chi connectivity index (χ2n) is 6.13. The summed E-state index contributed by atoms with van der Waals surface area (Å²) in [7, 11) is 0. The second-order valence-corrected chi connectivity index (χ2v) is 6.13. The molecule has 3 heterocycles. The van der Waals surface area contributed by atoms with E-state index in [0.717, 1.165) is 18.8 Å². The molecule has 1 aromatic carbocycles. The normalized spacial score (nSPS) is 14.5. The minimum absolute atomic E-state index is 0.165. The molecule has 0 bridgehead atoms. The molecule has 0 radical (unpaired) electrons. The van der Waals surface area contributed by atoms with Crippen molar-refractivity contribution in [1.82, 2.24) is 9.88 Å². The number of halogens is 1. The van der Waals surface area contributed by atoms with Crippen molar-refractivity contribution in [2.75, 3.05) is 31.1 Å². The quantitative estimate of drug-likeness (QED) is 0.725. The number of piperazine rings is 1. The number of hydrogen-bond donors (Lipinski definition) is 0. The Balaban J connectivity index is 1.44. The highest BCUT2D eigenvalue weighted by Gasteiger charge is 2.24. The summed E-state index contributed by atoms with van der Waals surface area (Å²) in [5.74, 6) is 0.0660. The Morgan fingerprint density at radius 3 is 2.42 bits per heavy atom. The SMILES string of the molecule is O=C(c1ccc(-c2ccccc2F)o1)N1CCN(c2ccncc2)CC1. The van der Waals surface area contributed by atoms with E-state index in [2.05, 4.69) is 9.88 Å². The highest BCUT2D eigenvalue weighted by Crippen LogP contribution is 2.25. The van der Waals surface area contributed by atoms with Gasteiger partial charge in [-0.25, -0.2) is 4.39 Å². The lowest BCUT2D eigenvalue weighted by molar-refractivity contribution is 0.0715. The molecular formula is C20H18FN3O2. The first-order valence-corrected chi connectivity index (χ1v) is 8.51.